The van der Waals surface area contributed by atoms with E-state index in [9.17, 15) is 14.4 Å². The van der Waals surface area contributed by atoms with Crippen LogP contribution in [0.25, 0.3) is 22.1 Å². The number of aromatic nitrogens is 5. The van der Waals surface area contributed by atoms with Crippen LogP contribution in [-0.2, 0) is 24.9 Å². The van der Waals surface area contributed by atoms with Crippen molar-refractivity contribution in [1.82, 2.24) is 23.4 Å². The fourth-order valence-corrected chi connectivity index (χ4v) is 4.27. The molecule has 0 spiro atoms. The SMILES string of the molecule is CC#CCn1c(Br)nc2c1c(=O)n(Cc1cc3ccccc3n1NC(=O)OC(C)(C)C)c(=O)n2C. The Balaban J connectivity index is 1.87. The molecule has 3 heterocycles. The van der Waals surface area contributed by atoms with E-state index in [0.29, 0.717) is 15.9 Å². The van der Waals surface area contributed by atoms with Crippen LogP contribution in [0.1, 0.15) is 33.4 Å². The number of amides is 1. The number of hydrogen-bond donors (Lipinski definition) is 1. The first-order valence-electron chi connectivity index (χ1n) is 10.9. The number of fused-ring (bicyclic) bond motifs is 2. The fourth-order valence-electron chi connectivity index (χ4n) is 3.80. The highest BCUT2D eigenvalue weighted by Gasteiger charge is 2.22. The number of hydrogen-bond acceptors (Lipinski definition) is 5. The first kappa shape index (κ1) is 24.3. The van der Waals surface area contributed by atoms with Crippen LogP contribution in [0.4, 0.5) is 4.79 Å². The number of carbonyl (C=O) groups excluding carboxylic acids is 1. The van der Waals surface area contributed by atoms with E-state index < -0.39 is 22.9 Å². The molecular weight excluding hydrogens is 516 g/mol. The minimum Gasteiger partial charge on any atom is -0.443 e. The van der Waals surface area contributed by atoms with Gasteiger partial charge in [-0.15, -0.1) is 5.92 Å². The maximum absolute atomic E-state index is 13.5. The Morgan fingerprint density at radius 2 is 1.91 bits per heavy atom. The molecule has 1 N–H and O–H groups in total. The van der Waals surface area contributed by atoms with Crippen LogP contribution in [0.15, 0.2) is 44.7 Å². The van der Waals surface area contributed by atoms with Crippen molar-refractivity contribution >= 4 is 44.1 Å². The summed E-state index contributed by atoms with van der Waals surface area (Å²) in [5.74, 6) is 5.73. The van der Waals surface area contributed by atoms with Crippen molar-refractivity contribution in [2.75, 3.05) is 5.43 Å². The number of aryl methyl sites for hydroxylation is 1. The summed E-state index contributed by atoms with van der Waals surface area (Å²) in [4.78, 5) is 43.6. The molecule has 11 heteroatoms. The highest BCUT2D eigenvalue weighted by Crippen LogP contribution is 2.20. The van der Waals surface area contributed by atoms with Gasteiger partial charge >= 0.3 is 11.8 Å². The van der Waals surface area contributed by atoms with Gasteiger partial charge in [-0.2, -0.15) is 0 Å². The second-order valence-electron chi connectivity index (χ2n) is 8.94. The Morgan fingerprint density at radius 3 is 2.60 bits per heavy atom. The number of nitrogens with one attached hydrogen (secondary N) is 1. The van der Waals surface area contributed by atoms with Crippen molar-refractivity contribution in [3.8, 4) is 11.8 Å². The molecule has 0 aliphatic carbocycles. The van der Waals surface area contributed by atoms with Gasteiger partial charge in [0.2, 0.25) is 0 Å². The maximum Gasteiger partial charge on any atom is 0.426 e. The van der Waals surface area contributed by atoms with E-state index in [1.807, 2.05) is 30.3 Å². The second kappa shape index (κ2) is 9.11. The molecule has 0 aliphatic heterocycles. The highest BCUT2D eigenvalue weighted by atomic mass is 79.9. The summed E-state index contributed by atoms with van der Waals surface area (Å²) in [6.45, 7) is 7.16. The van der Waals surface area contributed by atoms with Gasteiger partial charge in [0.25, 0.3) is 5.56 Å². The molecule has 1 amide bonds. The molecule has 0 bridgehead atoms. The van der Waals surface area contributed by atoms with Crippen LogP contribution in [0.5, 0.6) is 0 Å². The number of carbonyl (C=O) groups is 1. The smallest absolute Gasteiger partial charge is 0.426 e. The molecule has 35 heavy (non-hydrogen) atoms. The van der Waals surface area contributed by atoms with Crippen molar-refractivity contribution in [3.05, 3.63) is 61.6 Å². The Labute approximate surface area is 209 Å². The quantitative estimate of drug-likeness (QED) is 0.316. The zero-order valence-electron chi connectivity index (χ0n) is 20.0. The van der Waals surface area contributed by atoms with E-state index in [4.69, 9.17) is 4.74 Å². The molecule has 3 aromatic heterocycles. The zero-order chi connectivity index (χ0) is 25.5. The summed E-state index contributed by atoms with van der Waals surface area (Å²) in [5, 5.41) is 0.829. The van der Waals surface area contributed by atoms with Crippen molar-refractivity contribution in [1.29, 1.82) is 0 Å². The van der Waals surface area contributed by atoms with Crippen molar-refractivity contribution in [2.24, 2.45) is 7.05 Å². The molecule has 1 aromatic carbocycles. The Hall–Kier alpha value is -3.78. The van der Waals surface area contributed by atoms with E-state index in [2.05, 4.69) is 38.2 Å². The Morgan fingerprint density at radius 1 is 1.20 bits per heavy atom. The Kier molecular flexibility index (Phi) is 6.34. The molecular formula is C24H25BrN6O4. The average Bonchev–Trinajstić information content (AvgIpc) is 3.29. The largest absolute Gasteiger partial charge is 0.443 e. The third-order valence-corrected chi connectivity index (χ3v) is 5.91. The number of imidazole rings is 1. The van der Waals surface area contributed by atoms with Crippen LogP contribution in [-0.4, -0.2) is 35.1 Å². The van der Waals surface area contributed by atoms with E-state index in [-0.39, 0.29) is 24.3 Å². The third-order valence-electron chi connectivity index (χ3n) is 5.31. The number of nitrogens with zero attached hydrogens (tertiary/aromatic N) is 5. The minimum atomic E-state index is -0.696. The summed E-state index contributed by atoms with van der Waals surface area (Å²) in [5.41, 5.74) is 2.73. The highest BCUT2D eigenvalue weighted by molar-refractivity contribution is 9.10. The van der Waals surface area contributed by atoms with E-state index in [1.54, 1.807) is 39.3 Å². The van der Waals surface area contributed by atoms with Gasteiger partial charge in [0, 0.05) is 12.4 Å². The predicted octanol–water partition coefficient (Wildman–Crippen LogP) is 3.16. The molecule has 0 saturated heterocycles. The molecule has 0 radical (unpaired) electrons. The van der Waals surface area contributed by atoms with Crippen LogP contribution < -0.4 is 16.7 Å². The molecule has 0 atom stereocenters. The van der Waals surface area contributed by atoms with Crippen LogP contribution >= 0.6 is 15.9 Å². The Bertz CT molecular complexity index is 1640. The molecule has 0 unspecified atom stereocenters. The topological polar surface area (TPSA) is 105 Å². The minimum absolute atomic E-state index is 0.0891. The average molecular weight is 541 g/mol. The number of benzene rings is 1. The van der Waals surface area contributed by atoms with Gasteiger partial charge in [-0.05, 0) is 55.8 Å². The van der Waals surface area contributed by atoms with Gasteiger partial charge in [-0.1, -0.05) is 24.1 Å². The van der Waals surface area contributed by atoms with E-state index in [0.717, 1.165) is 9.95 Å². The zero-order valence-corrected chi connectivity index (χ0v) is 21.6. The lowest BCUT2D eigenvalue weighted by Gasteiger charge is -2.21. The molecule has 0 aliphatic rings. The summed E-state index contributed by atoms with van der Waals surface area (Å²) in [6.07, 6.45) is -0.657. The van der Waals surface area contributed by atoms with Crippen LogP contribution in [0.3, 0.4) is 0 Å². The van der Waals surface area contributed by atoms with Crippen molar-refractivity contribution in [3.63, 3.8) is 0 Å². The lowest BCUT2D eigenvalue weighted by Crippen LogP contribution is -2.41. The fraction of sp³-hybridized carbons (Fsp3) is 0.333. The maximum atomic E-state index is 13.5. The van der Waals surface area contributed by atoms with Gasteiger partial charge in [0.15, 0.2) is 15.9 Å². The second-order valence-corrected chi connectivity index (χ2v) is 9.65. The van der Waals surface area contributed by atoms with Crippen molar-refractivity contribution in [2.45, 2.75) is 46.4 Å². The molecule has 4 aromatic rings. The molecule has 4 rings (SSSR count). The van der Waals surface area contributed by atoms with Gasteiger partial charge in [-0.25, -0.2) is 20.0 Å². The first-order valence-corrected chi connectivity index (χ1v) is 11.7. The summed E-state index contributed by atoms with van der Waals surface area (Å²) in [7, 11) is 1.56. The first-order chi connectivity index (χ1) is 16.5. The lowest BCUT2D eigenvalue weighted by atomic mass is 10.2. The van der Waals surface area contributed by atoms with Gasteiger partial charge in [0.1, 0.15) is 5.60 Å². The van der Waals surface area contributed by atoms with Crippen molar-refractivity contribution < 1.29 is 9.53 Å². The number of para-hydroxylation sites is 1. The van der Waals surface area contributed by atoms with Crippen LogP contribution in [0, 0.1) is 11.8 Å². The molecule has 0 fully saturated rings. The van der Waals surface area contributed by atoms with Gasteiger partial charge < -0.3 is 9.30 Å². The summed E-state index contributed by atoms with van der Waals surface area (Å²) >= 11 is 3.37. The molecule has 10 nitrogen and oxygen atoms in total. The van der Waals surface area contributed by atoms with Gasteiger partial charge in [-0.3, -0.25) is 18.6 Å². The predicted molar refractivity (Wildman–Crippen MR) is 137 cm³/mol. The molecule has 0 saturated carbocycles. The number of halogens is 1. The lowest BCUT2D eigenvalue weighted by molar-refractivity contribution is 0.0613. The van der Waals surface area contributed by atoms with E-state index in [1.165, 1.54) is 9.24 Å². The van der Waals surface area contributed by atoms with Gasteiger partial charge in [0.05, 0.1) is 24.3 Å². The number of rotatable bonds is 4. The summed E-state index contributed by atoms with van der Waals surface area (Å²) in [6, 6.07) is 9.23. The number of ether oxygens (including phenoxy) is 1. The molecule has 182 valence electrons. The normalized spacial score (nSPS) is 11.5. The summed E-state index contributed by atoms with van der Waals surface area (Å²) < 4.78 is 11.4. The monoisotopic (exact) mass is 540 g/mol. The van der Waals surface area contributed by atoms with E-state index >= 15 is 0 Å². The standard InChI is InChI=1S/C24H25BrN6O4/c1-6-7-12-29-18-19(26-21(29)25)28(5)23(34)30(20(18)32)14-16-13-15-10-8-9-11-17(15)31(16)27-22(33)35-24(2,3)4/h8-11,13H,12,14H2,1-5H3,(H,27,33). The van der Waals surface area contributed by atoms with Crippen LogP contribution in [0.2, 0.25) is 0 Å². The third kappa shape index (κ3) is 4.61.